The number of carbonyl (C=O) groups excluding carboxylic acids is 1. The fourth-order valence-electron chi connectivity index (χ4n) is 2.68. The Labute approximate surface area is 188 Å². The summed E-state index contributed by atoms with van der Waals surface area (Å²) in [4.78, 5) is 22.4. The number of hydrogen-bond acceptors (Lipinski definition) is 6. The Morgan fingerprint density at radius 3 is 2.60 bits per heavy atom. The molecule has 2 aromatic rings. The molecule has 6 nitrogen and oxygen atoms in total. The normalized spacial score (nSPS) is 11.6. The van der Waals surface area contributed by atoms with E-state index < -0.39 is 11.8 Å². The highest BCUT2D eigenvalue weighted by Crippen LogP contribution is 2.20. The molecular formula is C22H20FIN2O4. The molecule has 0 unspecified atom stereocenters. The molecule has 0 aliphatic heterocycles. The number of esters is 1. The predicted octanol–water partition coefficient (Wildman–Crippen LogP) is 4.18. The second-order valence-corrected chi connectivity index (χ2v) is 7.29. The quantitative estimate of drug-likeness (QED) is 0.180. The Hall–Kier alpha value is -2.93. The van der Waals surface area contributed by atoms with Crippen LogP contribution in [0.1, 0.15) is 34.7 Å². The number of terminal acetylenes is 1. The summed E-state index contributed by atoms with van der Waals surface area (Å²) >= 11 is 1.88. The van der Waals surface area contributed by atoms with E-state index in [9.17, 15) is 9.18 Å². The average Bonchev–Trinajstić information content (AvgIpc) is 2.74. The monoisotopic (exact) mass is 522 g/mol. The summed E-state index contributed by atoms with van der Waals surface area (Å²) < 4.78 is 19.7. The summed E-state index contributed by atoms with van der Waals surface area (Å²) in [6, 6.07) is 8.46. The summed E-state index contributed by atoms with van der Waals surface area (Å²) in [7, 11) is 2.59. The Kier molecular flexibility index (Phi) is 8.35. The number of ether oxygens (including phenoxy) is 1. The van der Waals surface area contributed by atoms with E-state index in [2.05, 4.69) is 16.2 Å². The summed E-state index contributed by atoms with van der Waals surface area (Å²) in [5, 5.41) is 7.82. The Balaban J connectivity index is 2.35. The lowest BCUT2D eigenvalue weighted by Crippen LogP contribution is -2.20. The van der Waals surface area contributed by atoms with Gasteiger partial charge in [-0.2, -0.15) is 0 Å². The topological polar surface area (TPSA) is 69.5 Å². The summed E-state index contributed by atoms with van der Waals surface area (Å²) in [5.41, 5.74) is 3.15. The van der Waals surface area contributed by atoms with Crippen molar-refractivity contribution in [3.8, 4) is 12.3 Å². The number of benzene rings is 2. The van der Waals surface area contributed by atoms with Crippen molar-refractivity contribution >= 4 is 40.0 Å². The maximum atomic E-state index is 14.5. The Morgan fingerprint density at radius 1 is 1.23 bits per heavy atom. The first kappa shape index (κ1) is 23.3. The van der Waals surface area contributed by atoms with Crippen LogP contribution in [-0.4, -0.2) is 31.6 Å². The number of halogens is 2. The SMILES string of the molecule is C#Cc1cc(I)c(F)c(/C(C)=N/OCc2c(C)cccc2/C(=N\OC)C(=O)OC)c1. The van der Waals surface area contributed by atoms with Crippen molar-refractivity contribution in [2.75, 3.05) is 14.2 Å². The molecule has 0 aromatic heterocycles. The van der Waals surface area contributed by atoms with Crippen molar-refractivity contribution in [2.24, 2.45) is 10.3 Å². The van der Waals surface area contributed by atoms with Gasteiger partial charge in [0, 0.05) is 22.3 Å². The third-order valence-electron chi connectivity index (χ3n) is 4.22. The van der Waals surface area contributed by atoms with Crippen LogP contribution in [0.25, 0.3) is 0 Å². The van der Waals surface area contributed by atoms with E-state index in [1.54, 1.807) is 31.2 Å². The van der Waals surface area contributed by atoms with Gasteiger partial charge in [-0.25, -0.2) is 9.18 Å². The molecule has 0 saturated carbocycles. The minimum Gasteiger partial charge on any atom is -0.464 e. The molecule has 0 heterocycles. The molecule has 2 rings (SSSR count). The van der Waals surface area contributed by atoms with E-state index in [4.69, 9.17) is 20.8 Å². The van der Waals surface area contributed by atoms with Gasteiger partial charge in [-0.3, -0.25) is 0 Å². The zero-order valence-corrected chi connectivity index (χ0v) is 19.1. The number of rotatable bonds is 7. The number of aryl methyl sites for hydroxylation is 1. The molecule has 0 radical (unpaired) electrons. The molecule has 8 heteroatoms. The van der Waals surface area contributed by atoms with Crippen molar-refractivity contribution in [1.29, 1.82) is 0 Å². The molecule has 0 saturated heterocycles. The van der Waals surface area contributed by atoms with Crippen molar-refractivity contribution < 1.29 is 23.6 Å². The van der Waals surface area contributed by atoms with Crippen LogP contribution in [0.5, 0.6) is 0 Å². The first-order valence-corrected chi connectivity index (χ1v) is 9.82. The number of hydrogen-bond donors (Lipinski definition) is 0. The smallest absolute Gasteiger partial charge is 0.360 e. The van der Waals surface area contributed by atoms with Gasteiger partial charge in [-0.1, -0.05) is 34.4 Å². The fraction of sp³-hybridized carbons (Fsp3) is 0.227. The molecule has 0 atom stereocenters. The van der Waals surface area contributed by atoms with E-state index in [-0.39, 0.29) is 17.9 Å². The maximum Gasteiger partial charge on any atom is 0.360 e. The molecule has 30 heavy (non-hydrogen) atoms. The Morgan fingerprint density at radius 2 is 1.97 bits per heavy atom. The van der Waals surface area contributed by atoms with Gasteiger partial charge in [-0.15, -0.1) is 6.42 Å². The van der Waals surface area contributed by atoms with Crippen LogP contribution in [0, 0.1) is 28.7 Å². The van der Waals surface area contributed by atoms with Crippen LogP contribution in [-0.2, 0) is 25.8 Å². The van der Waals surface area contributed by atoms with Crippen LogP contribution in [0.2, 0.25) is 0 Å². The van der Waals surface area contributed by atoms with Crippen LogP contribution in [0.3, 0.4) is 0 Å². The van der Waals surface area contributed by atoms with Gasteiger partial charge < -0.3 is 14.4 Å². The lowest BCUT2D eigenvalue weighted by atomic mass is 9.99. The first-order chi connectivity index (χ1) is 14.3. The number of nitrogens with zero attached hydrogens (tertiary/aromatic N) is 2. The van der Waals surface area contributed by atoms with Gasteiger partial charge in [0.25, 0.3) is 0 Å². The van der Waals surface area contributed by atoms with Gasteiger partial charge in [-0.05, 0) is 54.1 Å². The predicted molar refractivity (Wildman–Crippen MR) is 121 cm³/mol. The van der Waals surface area contributed by atoms with E-state index in [1.807, 2.05) is 35.6 Å². The highest BCUT2D eigenvalue weighted by molar-refractivity contribution is 14.1. The summed E-state index contributed by atoms with van der Waals surface area (Å²) in [5.74, 6) is 1.42. The van der Waals surface area contributed by atoms with Crippen LogP contribution >= 0.6 is 22.6 Å². The van der Waals surface area contributed by atoms with E-state index in [0.29, 0.717) is 26.0 Å². The lowest BCUT2D eigenvalue weighted by Gasteiger charge is -2.13. The number of carbonyl (C=O) groups is 1. The van der Waals surface area contributed by atoms with Crippen molar-refractivity contribution in [1.82, 2.24) is 0 Å². The van der Waals surface area contributed by atoms with E-state index in [0.717, 1.165) is 5.56 Å². The largest absolute Gasteiger partial charge is 0.464 e. The molecule has 156 valence electrons. The van der Waals surface area contributed by atoms with Crippen molar-refractivity contribution in [2.45, 2.75) is 20.5 Å². The minimum absolute atomic E-state index is 0.00493. The molecule has 2 aromatic carbocycles. The van der Waals surface area contributed by atoms with E-state index in [1.165, 1.54) is 14.2 Å². The summed E-state index contributed by atoms with van der Waals surface area (Å²) in [6.45, 7) is 3.51. The van der Waals surface area contributed by atoms with Gasteiger partial charge in [0.1, 0.15) is 19.5 Å². The molecule has 0 spiro atoms. The first-order valence-electron chi connectivity index (χ1n) is 8.74. The van der Waals surface area contributed by atoms with E-state index >= 15 is 0 Å². The lowest BCUT2D eigenvalue weighted by molar-refractivity contribution is -0.132. The molecule has 0 aliphatic carbocycles. The molecule has 0 N–H and O–H groups in total. The average molecular weight is 522 g/mol. The molecular weight excluding hydrogens is 502 g/mol. The highest BCUT2D eigenvalue weighted by atomic mass is 127. The number of methoxy groups -OCH3 is 1. The second-order valence-electron chi connectivity index (χ2n) is 6.13. The van der Waals surface area contributed by atoms with Crippen LogP contribution in [0.4, 0.5) is 4.39 Å². The Bertz CT molecular complexity index is 1060. The van der Waals surface area contributed by atoms with Gasteiger partial charge >= 0.3 is 5.97 Å². The zero-order valence-electron chi connectivity index (χ0n) is 17.0. The fourth-order valence-corrected chi connectivity index (χ4v) is 3.30. The maximum absolute atomic E-state index is 14.5. The summed E-state index contributed by atoms with van der Waals surface area (Å²) in [6.07, 6.45) is 5.43. The zero-order chi connectivity index (χ0) is 22.3. The van der Waals surface area contributed by atoms with Crippen molar-refractivity contribution in [3.63, 3.8) is 0 Å². The molecule has 0 aliphatic rings. The highest BCUT2D eigenvalue weighted by Gasteiger charge is 2.21. The minimum atomic E-state index is -0.647. The standard InChI is InChI=1S/C22H20FIN2O4/c1-6-15-10-17(20(23)19(24)11-15)14(3)25-30-12-18-13(2)8-7-9-16(18)21(26-29-5)22(27)28-4/h1,7-11H,12H2,2-5H3/b25-14+,26-21+. The van der Waals surface area contributed by atoms with Gasteiger partial charge in [0.15, 0.2) is 5.71 Å². The van der Waals surface area contributed by atoms with Crippen LogP contribution in [0.15, 0.2) is 40.6 Å². The number of oxime groups is 2. The van der Waals surface area contributed by atoms with Crippen LogP contribution < -0.4 is 0 Å². The van der Waals surface area contributed by atoms with Gasteiger partial charge in [0.05, 0.1) is 16.4 Å². The third-order valence-corrected chi connectivity index (χ3v) is 5.01. The van der Waals surface area contributed by atoms with Gasteiger partial charge in [0.2, 0.25) is 0 Å². The van der Waals surface area contributed by atoms with Crippen molar-refractivity contribution in [3.05, 3.63) is 67.5 Å². The molecule has 0 amide bonds. The second kappa shape index (κ2) is 10.7. The molecule has 0 fully saturated rings. The molecule has 0 bridgehead atoms. The third kappa shape index (κ3) is 5.36.